The van der Waals surface area contributed by atoms with Crippen molar-refractivity contribution in [2.45, 2.75) is 51.0 Å². The lowest BCUT2D eigenvalue weighted by atomic mass is 9.93. The second kappa shape index (κ2) is 7.34. The number of piperidine rings is 1. The summed E-state index contributed by atoms with van der Waals surface area (Å²) in [5.74, 6) is 0.477. The highest BCUT2D eigenvalue weighted by molar-refractivity contribution is 7.91. The largest absolute Gasteiger partial charge is 0.339 e. The van der Waals surface area contributed by atoms with Crippen molar-refractivity contribution in [1.29, 1.82) is 0 Å². The first-order chi connectivity index (χ1) is 11.1. The maximum Gasteiger partial charge on any atom is 0.225 e. The topological polar surface area (TPSA) is 54.5 Å². The molecule has 2 saturated heterocycles. The smallest absolute Gasteiger partial charge is 0.225 e. The molecule has 0 spiro atoms. The number of thiophene rings is 1. The second-order valence-corrected chi connectivity index (χ2v) is 10.1. The summed E-state index contributed by atoms with van der Waals surface area (Å²) >= 11 is 1.78. The van der Waals surface area contributed by atoms with Gasteiger partial charge in [-0.25, -0.2) is 8.42 Å². The van der Waals surface area contributed by atoms with Crippen LogP contribution in [0.15, 0.2) is 17.5 Å². The third-order valence-corrected chi connectivity index (χ3v) is 7.77. The van der Waals surface area contributed by atoms with Gasteiger partial charge in [0.15, 0.2) is 0 Å². The number of hydrogen-bond acceptors (Lipinski definition) is 4. The van der Waals surface area contributed by atoms with Gasteiger partial charge in [0.25, 0.3) is 0 Å². The van der Waals surface area contributed by atoms with Crippen molar-refractivity contribution in [2.75, 3.05) is 18.1 Å². The van der Waals surface area contributed by atoms with Gasteiger partial charge in [-0.1, -0.05) is 6.07 Å². The van der Waals surface area contributed by atoms with Crippen LogP contribution in [0.5, 0.6) is 0 Å². The number of hydrogen-bond donors (Lipinski definition) is 0. The first kappa shape index (κ1) is 17.0. The summed E-state index contributed by atoms with van der Waals surface area (Å²) in [6, 6.07) is 4.56. The van der Waals surface area contributed by atoms with Crippen LogP contribution in [-0.2, 0) is 21.1 Å². The van der Waals surface area contributed by atoms with E-state index in [1.54, 1.807) is 11.3 Å². The molecular formula is C17H25NO3S2. The van der Waals surface area contributed by atoms with Gasteiger partial charge in [0, 0.05) is 23.4 Å². The predicted molar refractivity (Wildman–Crippen MR) is 93.4 cm³/mol. The molecule has 0 radical (unpaired) electrons. The van der Waals surface area contributed by atoms with Crippen molar-refractivity contribution < 1.29 is 13.2 Å². The lowest BCUT2D eigenvalue weighted by Gasteiger charge is -2.38. The van der Waals surface area contributed by atoms with E-state index in [1.807, 2.05) is 0 Å². The molecule has 6 heteroatoms. The van der Waals surface area contributed by atoms with Crippen LogP contribution in [0.25, 0.3) is 0 Å². The van der Waals surface area contributed by atoms with Crippen molar-refractivity contribution in [3.63, 3.8) is 0 Å². The molecule has 2 aliphatic rings. The van der Waals surface area contributed by atoms with Crippen LogP contribution >= 0.6 is 11.3 Å². The minimum absolute atomic E-state index is 0.0825. The van der Waals surface area contributed by atoms with Crippen molar-refractivity contribution >= 4 is 27.1 Å². The molecule has 4 nitrogen and oxygen atoms in total. The lowest BCUT2D eigenvalue weighted by molar-refractivity contribution is -0.139. The third-order valence-electron chi connectivity index (χ3n) is 5.12. The zero-order valence-electron chi connectivity index (χ0n) is 13.4. The Bertz CT molecular complexity index is 610. The maximum absolute atomic E-state index is 12.9. The molecule has 0 unspecified atom stereocenters. The van der Waals surface area contributed by atoms with Gasteiger partial charge < -0.3 is 4.90 Å². The van der Waals surface area contributed by atoms with Crippen LogP contribution < -0.4 is 0 Å². The van der Waals surface area contributed by atoms with E-state index in [9.17, 15) is 13.2 Å². The first-order valence-corrected chi connectivity index (χ1v) is 11.3. The summed E-state index contributed by atoms with van der Waals surface area (Å²) in [7, 11) is -2.90. The van der Waals surface area contributed by atoms with Crippen LogP contribution in [-0.4, -0.2) is 43.3 Å². The minimum atomic E-state index is -2.90. The van der Waals surface area contributed by atoms with Crippen LogP contribution in [0.1, 0.15) is 43.4 Å². The van der Waals surface area contributed by atoms with Crippen LogP contribution in [0.4, 0.5) is 0 Å². The Balaban J connectivity index is 1.60. The monoisotopic (exact) mass is 355 g/mol. The molecule has 0 bridgehead atoms. The Labute approximate surface area is 142 Å². The minimum Gasteiger partial charge on any atom is -0.339 e. The molecule has 128 valence electrons. The van der Waals surface area contributed by atoms with Crippen LogP contribution in [0.3, 0.4) is 0 Å². The highest BCUT2D eigenvalue weighted by atomic mass is 32.2. The van der Waals surface area contributed by atoms with E-state index in [0.29, 0.717) is 18.9 Å². The lowest BCUT2D eigenvalue weighted by Crippen LogP contribution is -2.48. The Morgan fingerprint density at radius 1 is 1.22 bits per heavy atom. The van der Waals surface area contributed by atoms with Gasteiger partial charge in [-0.05, 0) is 56.4 Å². The van der Waals surface area contributed by atoms with Crippen molar-refractivity contribution in [3.05, 3.63) is 22.4 Å². The van der Waals surface area contributed by atoms with Gasteiger partial charge in [-0.2, -0.15) is 0 Å². The highest BCUT2D eigenvalue weighted by Gasteiger charge is 2.34. The molecular weight excluding hydrogens is 330 g/mol. The molecule has 1 aromatic rings. The number of likely N-dealkylation sites (tertiary alicyclic amines) is 1. The van der Waals surface area contributed by atoms with E-state index in [4.69, 9.17) is 0 Å². The van der Waals surface area contributed by atoms with Gasteiger partial charge in [-0.3, -0.25) is 4.79 Å². The average Bonchev–Trinajstić information content (AvgIpc) is 3.06. The third kappa shape index (κ3) is 4.35. The van der Waals surface area contributed by atoms with E-state index in [1.165, 1.54) is 11.3 Å². The molecule has 0 N–H and O–H groups in total. The SMILES string of the molecule is O=C(C1CCS(=O)(=O)CC1)N1CCCC[C@H]1CCc1cccs1. The summed E-state index contributed by atoms with van der Waals surface area (Å²) in [5, 5.41) is 2.10. The molecule has 2 fully saturated rings. The van der Waals surface area contributed by atoms with Gasteiger partial charge >= 0.3 is 0 Å². The molecule has 1 aromatic heterocycles. The van der Waals surface area contributed by atoms with Crippen LogP contribution in [0, 0.1) is 5.92 Å². The summed E-state index contributed by atoms with van der Waals surface area (Å²) in [6.45, 7) is 0.844. The second-order valence-electron chi connectivity index (χ2n) is 6.73. The molecule has 1 amide bonds. The van der Waals surface area contributed by atoms with Gasteiger partial charge in [0.1, 0.15) is 9.84 Å². The number of carbonyl (C=O) groups is 1. The van der Waals surface area contributed by atoms with Gasteiger partial charge in [0.05, 0.1) is 11.5 Å². The van der Waals surface area contributed by atoms with E-state index in [-0.39, 0.29) is 23.3 Å². The van der Waals surface area contributed by atoms with Gasteiger partial charge in [0.2, 0.25) is 5.91 Å². The number of carbonyl (C=O) groups excluding carboxylic acids is 1. The Kier molecular flexibility index (Phi) is 5.42. The predicted octanol–water partition coefficient (Wildman–Crippen LogP) is 2.89. The summed E-state index contributed by atoms with van der Waals surface area (Å²) in [6.07, 6.45) is 6.43. The zero-order chi connectivity index (χ0) is 16.3. The standard InChI is InChI=1S/C17H25NO3S2/c19-17(14-8-12-23(20,21)13-9-14)18-10-2-1-4-15(18)6-7-16-5-3-11-22-16/h3,5,11,14-15H,1-2,4,6-10,12-13H2/t15-/m0/s1. The zero-order valence-corrected chi connectivity index (χ0v) is 15.1. The van der Waals surface area contributed by atoms with Crippen molar-refractivity contribution in [2.24, 2.45) is 5.92 Å². The van der Waals surface area contributed by atoms with E-state index < -0.39 is 9.84 Å². The number of rotatable bonds is 4. The fraction of sp³-hybridized carbons (Fsp3) is 0.706. The van der Waals surface area contributed by atoms with E-state index >= 15 is 0 Å². The van der Waals surface area contributed by atoms with E-state index in [0.717, 1.165) is 32.2 Å². The maximum atomic E-state index is 12.9. The van der Waals surface area contributed by atoms with Crippen molar-refractivity contribution in [1.82, 2.24) is 4.90 Å². The van der Waals surface area contributed by atoms with E-state index in [2.05, 4.69) is 22.4 Å². The Hall–Kier alpha value is -0.880. The normalized spacial score (nSPS) is 25.4. The number of sulfone groups is 1. The molecule has 1 atom stereocenters. The molecule has 3 rings (SSSR count). The number of nitrogens with zero attached hydrogens (tertiary/aromatic N) is 1. The molecule has 3 heterocycles. The molecule has 0 saturated carbocycles. The first-order valence-electron chi connectivity index (χ1n) is 8.58. The summed E-state index contributed by atoms with van der Waals surface area (Å²) in [4.78, 5) is 16.3. The summed E-state index contributed by atoms with van der Waals surface area (Å²) in [5.41, 5.74) is 0. The Morgan fingerprint density at radius 3 is 2.70 bits per heavy atom. The Morgan fingerprint density at radius 2 is 2.00 bits per heavy atom. The molecule has 2 aliphatic heterocycles. The summed E-state index contributed by atoms with van der Waals surface area (Å²) < 4.78 is 23.1. The average molecular weight is 356 g/mol. The fourth-order valence-electron chi connectivity index (χ4n) is 3.73. The molecule has 23 heavy (non-hydrogen) atoms. The van der Waals surface area contributed by atoms with Gasteiger partial charge in [-0.15, -0.1) is 11.3 Å². The van der Waals surface area contributed by atoms with Crippen molar-refractivity contribution in [3.8, 4) is 0 Å². The van der Waals surface area contributed by atoms with Crippen LogP contribution in [0.2, 0.25) is 0 Å². The fourth-order valence-corrected chi connectivity index (χ4v) is 5.94. The number of amides is 1. The highest BCUT2D eigenvalue weighted by Crippen LogP contribution is 2.28. The quantitative estimate of drug-likeness (QED) is 0.834. The number of aryl methyl sites for hydroxylation is 1. The molecule has 0 aromatic carbocycles. The molecule has 0 aliphatic carbocycles.